The molecule has 1 aromatic heterocycles. The third kappa shape index (κ3) is 4.22. The van der Waals surface area contributed by atoms with Crippen LogP contribution in [0, 0.1) is 10.8 Å². The summed E-state index contributed by atoms with van der Waals surface area (Å²) in [6.07, 6.45) is 7.97. The molecule has 0 atom stereocenters. The van der Waals surface area contributed by atoms with E-state index in [1.807, 2.05) is 36.4 Å². The number of nitrogens with two attached hydrogens (primary N) is 1. The number of nitrogens with one attached hydrogen (secondary N) is 3. The molecule has 6 heteroatoms. The highest BCUT2D eigenvalue weighted by atomic mass is 16.2. The molecule has 0 saturated heterocycles. The Hall–Kier alpha value is -3.15. The lowest BCUT2D eigenvalue weighted by atomic mass is 9.75. The van der Waals surface area contributed by atoms with Crippen molar-refractivity contribution >= 4 is 17.4 Å². The standard InChI is InChI=1S/C24H29N5O/c1-23(2)9-8-19(20(25)14-23)21(26)16-5-3-7-18(13-16)28-22(30)29-24(10-11-24)17-6-4-12-27-15-17/h3-7,12-13,15,26H,8-11,14,25H2,1-2H3,(H2,28,29,30). The number of aromatic nitrogens is 1. The summed E-state index contributed by atoms with van der Waals surface area (Å²) in [6, 6.07) is 11.1. The van der Waals surface area contributed by atoms with Crippen LogP contribution in [0.25, 0.3) is 0 Å². The van der Waals surface area contributed by atoms with Crippen molar-refractivity contribution in [2.45, 2.75) is 51.5 Å². The zero-order chi connectivity index (χ0) is 21.4. The van der Waals surface area contributed by atoms with Crippen LogP contribution in [0.4, 0.5) is 10.5 Å². The van der Waals surface area contributed by atoms with E-state index in [2.05, 4.69) is 29.5 Å². The summed E-state index contributed by atoms with van der Waals surface area (Å²) in [5.41, 5.74) is 10.8. The van der Waals surface area contributed by atoms with E-state index >= 15 is 0 Å². The van der Waals surface area contributed by atoms with Crippen LogP contribution in [0.15, 0.2) is 60.1 Å². The van der Waals surface area contributed by atoms with Crippen molar-refractivity contribution in [2.24, 2.45) is 11.1 Å². The van der Waals surface area contributed by atoms with Gasteiger partial charge in [-0.05, 0) is 66.9 Å². The predicted molar refractivity (Wildman–Crippen MR) is 119 cm³/mol. The van der Waals surface area contributed by atoms with Gasteiger partial charge in [0.1, 0.15) is 0 Å². The minimum Gasteiger partial charge on any atom is -0.402 e. The molecule has 6 nitrogen and oxygen atoms in total. The van der Waals surface area contributed by atoms with Gasteiger partial charge in [0, 0.05) is 29.3 Å². The fraction of sp³-hybridized carbons (Fsp3) is 0.375. The molecule has 1 heterocycles. The second-order valence-electron chi connectivity index (χ2n) is 9.20. The van der Waals surface area contributed by atoms with Crippen molar-refractivity contribution in [3.63, 3.8) is 0 Å². The number of amides is 2. The molecule has 2 aliphatic carbocycles. The molecule has 2 aliphatic rings. The number of pyridine rings is 1. The topological polar surface area (TPSA) is 104 Å². The van der Waals surface area contributed by atoms with E-state index in [9.17, 15) is 4.79 Å². The van der Waals surface area contributed by atoms with Crippen molar-refractivity contribution in [3.05, 3.63) is 71.2 Å². The van der Waals surface area contributed by atoms with Crippen molar-refractivity contribution in [1.29, 1.82) is 5.41 Å². The highest BCUT2D eigenvalue weighted by Crippen LogP contribution is 2.45. The zero-order valence-electron chi connectivity index (χ0n) is 17.6. The maximum Gasteiger partial charge on any atom is 0.319 e. The SMILES string of the molecule is CC1(C)CCC(C(=N)c2cccc(NC(=O)NC3(c4cccnc4)CC3)c2)=C(N)C1. The molecule has 156 valence electrons. The second kappa shape index (κ2) is 7.59. The van der Waals surface area contributed by atoms with E-state index in [0.717, 1.165) is 54.5 Å². The van der Waals surface area contributed by atoms with Crippen molar-refractivity contribution in [1.82, 2.24) is 10.3 Å². The van der Waals surface area contributed by atoms with E-state index in [-0.39, 0.29) is 17.0 Å². The van der Waals surface area contributed by atoms with Gasteiger partial charge in [-0.15, -0.1) is 0 Å². The number of carbonyl (C=O) groups excluding carboxylic acids is 1. The maximum absolute atomic E-state index is 12.6. The van der Waals surface area contributed by atoms with Gasteiger partial charge in [-0.1, -0.05) is 32.0 Å². The Labute approximate surface area is 177 Å². The fourth-order valence-corrected chi connectivity index (χ4v) is 4.18. The van der Waals surface area contributed by atoms with Crippen LogP contribution in [0.2, 0.25) is 0 Å². The first-order valence-electron chi connectivity index (χ1n) is 10.4. The maximum atomic E-state index is 12.6. The van der Waals surface area contributed by atoms with Gasteiger partial charge in [0.2, 0.25) is 0 Å². The van der Waals surface area contributed by atoms with Gasteiger partial charge in [-0.3, -0.25) is 10.4 Å². The largest absolute Gasteiger partial charge is 0.402 e. The highest BCUT2D eigenvalue weighted by molar-refractivity contribution is 6.11. The minimum atomic E-state index is -0.323. The summed E-state index contributed by atoms with van der Waals surface area (Å²) in [4.78, 5) is 16.8. The molecule has 5 N–H and O–H groups in total. The number of urea groups is 1. The monoisotopic (exact) mass is 403 g/mol. The van der Waals surface area contributed by atoms with Crippen LogP contribution in [-0.2, 0) is 5.54 Å². The summed E-state index contributed by atoms with van der Waals surface area (Å²) < 4.78 is 0. The Morgan fingerprint density at radius 2 is 1.97 bits per heavy atom. The summed E-state index contributed by atoms with van der Waals surface area (Å²) in [5.74, 6) is 0. The van der Waals surface area contributed by atoms with Crippen LogP contribution in [0.5, 0.6) is 0 Å². The number of benzene rings is 1. The van der Waals surface area contributed by atoms with E-state index in [1.54, 1.807) is 12.4 Å². The van der Waals surface area contributed by atoms with Gasteiger partial charge in [-0.2, -0.15) is 0 Å². The zero-order valence-corrected chi connectivity index (χ0v) is 17.6. The first-order valence-corrected chi connectivity index (χ1v) is 10.4. The molecule has 2 aromatic rings. The Balaban J connectivity index is 1.45. The summed E-state index contributed by atoms with van der Waals surface area (Å²) in [7, 11) is 0. The van der Waals surface area contributed by atoms with Gasteiger partial charge in [0.05, 0.1) is 11.3 Å². The molecule has 1 fully saturated rings. The Morgan fingerprint density at radius 3 is 2.63 bits per heavy atom. The number of nitrogens with zero attached hydrogens (tertiary/aromatic N) is 1. The van der Waals surface area contributed by atoms with Crippen LogP contribution in [0.1, 0.15) is 57.1 Å². The highest BCUT2D eigenvalue weighted by Gasteiger charge is 2.45. The molecule has 0 spiro atoms. The smallest absolute Gasteiger partial charge is 0.319 e. The van der Waals surface area contributed by atoms with E-state index in [1.165, 1.54) is 0 Å². The molecule has 0 radical (unpaired) electrons. The summed E-state index contributed by atoms with van der Waals surface area (Å²) >= 11 is 0. The average molecular weight is 404 g/mol. The third-order valence-corrected chi connectivity index (χ3v) is 6.14. The number of rotatable bonds is 5. The van der Waals surface area contributed by atoms with Gasteiger partial charge in [0.25, 0.3) is 0 Å². The molecule has 30 heavy (non-hydrogen) atoms. The number of hydrogen-bond donors (Lipinski definition) is 4. The molecule has 1 saturated carbocycles. The van der Waals surface area contributed by atoms with Crippen LogP contribution in [0.3, 0.4) is 0 Å². The normalized spacial score (nSPS) is 19.1. The Kier molecular flexibility index (Phi) is 5.10. The quantitative estimate of drug-likeness (QED) is 0.545. The van der Waals surface area contributed by atoms with Crippen LogP contribution >= 0.6 is 0 Å². The molecular weight excluding hydrogens is 374 g/mol. The van der Waals surface area contributed by atoms with Gasteiger partial charge < -0.3 is 16.4 Å². The minimum absolute atomic E-state index is 0.183. The molecule has 4 rings (SSSR count). The first kappa shape index (κ1) is 20.1. The molecule has 1 aromatic carbocycles. The lowest BCUT2D eigenvalue weighted by molar-refractivity contribution is 0.247. The molecule has 0 aliphatic heterocycles. The molecule has 2 amide bonds. The van der Waals surface area contributed by atoms with Crippen molar-refractivity contribution < 1.29 is 4.79 Å². The van der Waals surface area contributed by atoms with E-state index in [4.69, 9.17) is 11.1 Å². The Morgan fingerprint density at radius 1 is 1.17 bits per heavy atom. The van der Waals surface area contributed by atoms with Crippen molar-refractivity contribution in [3.8, 4) is 0 Å². The molecular formula is C24H29N5O. The van der Waals surface area contributed by atoms with Crippen LogP contribution < -0.4 is 16.4 Å². The fourth-order valence-electron chi connectivity index (χ4n) is 4.18. The lowest BCUT2D eigenvalue weighted by Crippen LogP contribution is -2.38. The number of hydrogen-bond acceptors (Lipinski definition) is 4. The van der Waals surface area contributed by atoms with E-state index in [0.29, 0.717) is 11.4 Å². The summed E-state index contributed by atoms with van der Waals surface area (Å²) in [6.45, 7) is 4.42. The summed E-state index contributed by atoms with van der Waals surface area (Å²) in [5, 5.41) is 14.7. The molecule has 0 unspecified atom stereocenters. The Bertz CT molecular complexity index is 1010. The first-order chi connectivity index (χ1) is 14.3. The van der Waals surface area contributed by atoms with Gasteiger partial charge in [0.15, 0.2) is 0 Å². The average Bonchev–Trinajstić information content (AvgIpc) is 3.48. The number of anilines is 1. The van der Waals surface area contributed by atoms with E-state index < -0.39 is 0 Å². The van der Waals surface area contributed by atoms with Gasteiger partial charge >= 0.3 is 6.03 Å². The number of carbonyl (C=O) groups is 1. The van der Waals surface area contributed by atoms with Crippen LogP contribution in [-0.4, -0.2) is 16.7 Å². The molecule has 0 bridgehead atoms. The van der Waals surface area contributed by atoms with Crippen molar-refractivity contribution in [2.75, 3.05) is 5.32 Å². The number of allylic oxidation sites excluding steroid dienone is 2. The second-order valence-corrected chi connectivity index (χ2v) is 9.20. The lowest BCUT2D eigenvalue weighted by Gasteiger charge is -2.31. The van der Waals surface area contributed by atoms with Gasteiger partial charge in [-0.25, -0.2) is 4.79 Å². The third-order valence-electron chi connectivity index (χ3n) is 6.14. The predicted octanol–water partition coefficient (Wildman–Crippen LogP) is 4.68.